The first-order valence-corrected chi connectivity index (χ1v) is 9.14. The number of hydrogen-bond acceptors (Lipinski definition) is 7. The molecule has 0 aliphatic carbocycles. The topological polar surface area (TPSA) is 86.9 Å². The highest BCUT2D eigenvalue weighted by atomic mass is 16.5. The largest absolute Gasteiger partial charge is 0.496 e. The molecule has 0 radical (unpaired) electrons. The molecule has 0 bridgehead atoms. The van der Waals surface area contributed by atoms with Crippen LogP contribution in [0.4, 0.5) is 5.69 Å². The van der Waals surface area contributed by atoms with Crippen molar-refractivity contribution in [3.05, 3.63) is 48.3 Å². The smallest absolute Gasteiger partial charge is 0.261 e. The quantitative estimate of drug-likeness (QED) is 0.633. The van der Waals surface area contributed by atoms with Crippen molar-refractivity contribution in [1.29, 1.82) is 0 Å². The summed E-state index contributed by atoms with van der Waals surface area (Å²) in [7, 11) is 4.73. The van der Waals surface area contributed by atoms with Crippen LogP contribution in [-0.2, 0) is 4.79 Å². The number of hydrogen-bond donors (Lipinski definition) is 0. The molecule has 0 saturated carbocycles. The summed E-state index contributed by atoms with van der Waals surface area (Å²) in [5, 5.41) is 4.11. The van der Waals surface area contributed by atoms with Gasteiger partial charge in [-0.3, -0.25) is 4.79 Å². The minimum Gasteiger partial charge on any atom is -0.496 e. The highest BCUT2D eigenvalue weighted by Gasteiger charge is 2.35. The molecular weight excluding hydrogens is 374 g/mol. The molecule has 8 heteroatoms. The van der Waals surface area contributed by atoms with E-state index >= 15 is 0 Å². The summed E-state index contributed by atoms with van der Waals surface area (Å²) in [5.41, 5.74) is 1.46. The van der Waals surface area contributed by atoms with Crippen LogP contribution in [-0.4, -0.2) is 43.9 Å². The van der Waals surface area contributed by atoms with Gasteiger partial charge in [-0.05, 0) is 24.3 Å². The third-order valence-electron chi connectivity index (χ3n) is 4.95. The number of ether oxygens (including phenoxy) is 3. The molecule has 1 saturated heterocycles. The van der Waals surface area contributed by atoms with Crippen molar-refractivity contribution in [2.75, 3.05) is 32.8 Å². The van der Waals surface area contributed by atoms with Crippen LogP contribution in [0.2, 0.25) is 0 Å². The van der Waals surface area contributed by atoms with Crippen LogP contribution in [0, 0.1) is 0 Å². The molecule has 8 nitrogen and oxygen atoms in total. The van der Waals surface area contributed by atoms with Gasteiger partial charge < -0.3 is 23.6 Å². The van der Waals surface area contributed by atoms with Crippen LogP contribution >= 0.6 is 0 Å². The average molecular weight is 395 g/mol. The Labute approximate surface area is 168 Å². The molecule has 2 aromatic carbocycles. The summed E-state index contributed by atoms with van der Waals surface area (Å²) in [4.78, 5) is 18.9. The van der Waals surface area contributed by atoms with Crippen molar-refractivity contribution in [3.63, 3.8) is 0 Å². The fourth-order valence-electron chi connectivity index (χ4n) is 3.45. The summed E-state index contributed by atoms with van der Waals surface area (Å²) in [6, 6.07) is 12.8. The number of aromatic nitrogens is 2. The number of nitrogens with zero attached hydrogens (tertiary/aromatic N) is 3. The van der Waals surface area contributed by atoms with Crippen molar-refractivity contribution in [1.82, 2.24) is 10.1 Å². The van der Waals surface area contributed by atoms with Gasteiger partial charge >= 0.3 is 0 Å². The number of rotatable bonds is 6. The fourth-order valence-corrected chi connectivity index (χ4v) is 3.45. The lowest BCUT2D eigenvalue weighted by atomic mass is 10.1. The number of anilines is 1. The number of benzene rings is 2. The van der Waals surface area contributed by atoms with E-state index in [9.17, 15) is 4.79 Å². The zero-order chi connectivity index (χ0) is 20.4. The standard InChI is InChI=1S/C21H21N3O5/c1-26-16-7-5-4-6-15(16)21-22-20(23-29-21)13-10-19(25)24(12-13)14-8-9-17(27-2)18(11-14)28-3/h4-9,11,13H,10,12H2,1-3H3. The maximum atomic E-state index is 12.6. The van der Waals surface area contributed by atoms with Gasteiger partial charge in [0, 0.05) is 30.6 Å². The minimum atomic E-state index is -0.164. The monoisotopic (exact) mass is 395 g/mol. The Bertz CT molecular complexity index is 1030. The summed E-state index contributed by atoms with van der Waals surface area (Å²) in [5.74, 6) is 2.53. The number of carbonyl (C=O) groups is 1. The summed E-state index contributed by atoms with van der Waals surface area (Å²) in [6.45, 7) is 0.458. The van der Waals surface area contributed by atoms with E-state index in [0.717, 1.165) is 11.3 Å². The van der Waals surface area contributed by atoms with Gasteiger partial charge in [0.25, 0.3) is 5.89 Å². The molecule has 0 N–H and O–H groups in total. The van der Waals surface area contributed by atoms with Gasteiger partial charge in [0.15, 0.2) is 17.3 Å². The number of methoxy groups -OCH3 is 3. The van der Waals surface area contributed by atoms with Gasteiger partial charge in [-0.25, -0.2) is 0 Å². The SMILES string of the molecule is COc1ccc(N2CC(c3noc(-c4ccccc4OC)n3)CC2=O)cc1OC. The molecule has 0 spiro atoms. The zero-order valence-electron chi connectivity index (χ0n) is 16.4. The highest BCUT2D eigenvalue weighted by Crippen LogP contribution is 2.37. The van der Waals surface area contributed by atoms with Crippen LogP contribution in [0.1, 0.15) is 18.2 Å². The van der Waals surface area contributed by atoms with E-state index in [1.807, 2.05) is 30.3 Å². The van der Waals surface area contributed by atoms with Gasteiger partial charge in [-0.2, -0.15) is 4.98 Å². The van der Waals surface area contributed by atoms with Gasteiger partial charge in [-0.1, -0.05) is 17.3 Å². The second-order valence-electron chi connectivity index (χ2n) is 6.60. The van der Waals surface area contributed by atoms with E-state index in [0.29, 0.717) is 41.9 Å². The lowest BCUT2D eigenvalue weighted by Crippen LogP contribution is -2.24. The van der Waals surface area contributed by atoms with Crippen molar-refractivity contribution in [2.24, 2.45) is 0 Å². The van der Waals surface area contributed by atoms with Crippen LogP contribution in [0.3, 0.4) is 0 Å². The molecule has 1 amide bonds. The Morgan fingerprint density at radius 2 is 1.76 bits per heavy atom. The Hall–Kier alpha value is -3.55. The van der Waals surface area contributed by atoms with Gasteiger partial charge in [0.1, 0.15) is 5.75 Å². The lowest BCUT2D eigenvalue weighted by molar-refractivity contribution is -0.117. The first-order chi connectivity index (χ1) is 14.1. The second-order valence-corrected chi connectivity index (χ2v) is 6.60. The lowest BCUT2D eigenvalue weighted by Gasteiger charge is -2.18. The molecule has 2 heterocycles. The van der Waals surface area contributed by atoms with Gasteiger partial charge in [0.05, 0.1) is 26.9 Å². The van der Waals surface area contributed by atoms with Crippen LogP contribution in [0.15, 0.2) is 47.0 Å². The van der Waals surface area contributed by atoms with E-state index in [4.69, 9.17) is 18.7 Å². The predicted octanol–water partition coefficient (Wildman–Crippen LogP) is 3.28. The van der Waals surface area contributed by atoms with Crippen molar-refractivity contribution >= 4 is 11.6 Å². The van der Waals surface area contributed by atoms with E-state index < -0.39 is 0 Å². The van der Waals surface area contributed by atoms with Gasteiger partial charge in [-0.15, -0.1) is 0 Å². The summed E-state index contributed by atoms with van der Waals surface area (Å²) < 4.78 is 21.4. The van der Waals surface area contributed by atoms with E-state index in [1.165, 1.54) is 0 Å². The highest BCUT2D eigenvalue weighted by molar-refractivity contribution is 5.96. The zero-order valence-corrected chi connectivity index (χ0v) is 16.4. The minimum absolute atomic E-state index is 0.00846. The number of carbonyl (C=O) groups excluding carboxylic acids is 1. The van der Waals surface area contributed by atoms with Crippen molar-refractivity contribution in [3.8, 4) is 28.7 Å². The van der Waals surface area contributed by atoms with Crippen LogP contribution in [0.5, 0.6) is 17.2 Å². The van der Waals surface area contributed by atoms with Crippen LogP contribution in [0.25, 0.3) is 11.5 Å². The summed E-state index contributed by atoms with van der Waals surface area (Å²) >= 11 is 0. The van der Waals surface area contributed by atoms with Crippen LogP contribution < -0.4 is 19.1 Å². The van der Waals surface area contributed by atoms with Gasteiger partial charge in [0.2, 0.25) is 5.91 Å². The van der Waals surface area contributed by atoms with E-state index in [-0.39, 0.29) is 11.8 Å². The predicted molar refractivity (Wildman–Crippen MR) is 106 cm³/mol. The molecule has 1 aliphatic heterocycles. The number of amides is 1. The van der Waals surface area contributed by atoms with E-state index in [2.05, 4.69) is 10.1 Å². The molecule has 150 valence electrons. The molecule has 4 rings (SSSR count). The number of para-hydroxylation sites is 1. The molecule has 1 aliphatic rings. The Morgan fingerprint density at radius 3 is 2.52 bits per heavy atom. The average Bonchev–Trinajstić information content (AvgIpc) is 3.40. The first-order valence-electron chi connectivity index (χ1n) is 9.14. The van der Waals surface area contributed by atoms with E-state index in [1.54, 1.807) is 38.4 Å². The normalized spacial score (nSPS) is 16.2. The molecular formula is C21H21N3O5. The molecule has 1 unspecified atom stereocenters. The molecule has 29 heavy (non-hydrogen) atoms. The Kier molecular flexibility index (Phi) is 5.07. The molecule has 1 atom stereocenters. The maximum absolute atomic E-state index is 12.6. The molecule has 3 aromatic rings. The van der Waals surface area contributed by atoms with Crippen molar-refractivity contribution < 1.29 is 23.5 Å². The molecule has 1 fully saturated rings. The van der Waals surface area contributed by atoms with Crippen molar-refractivity contribution in [2.45, 2.75) is 12.3 Å². The Balaban J connectivity index is 1.57. The Morgan fingerprint density at radius 1 is 1.00 bits per heavy atom. The first kappa shape index (κ1) is 18.8. The maximum Gasteiger partial charge on any atom is 0.261 e. The summed E-state index contributed by atoms with van der Waals surface area (Å²) in [6.07, 6.45) is 0.305. The third-order valence-corrected chi connectivity index (χ3v) is 4.95. The second kappa shape index (κ2) is 7.83. The fraction of sp³-hybridized carbons (Fsp3) is 0.286. The third kappa shape index (κ3) is 3.49. The molecule has 1 aromatic heterocycles.